The number of aromatic nitrogens is 1. The van der Waals surface area contributed by atoms with Gasteiger partial charge in [0.15, 0.2) is 0 Å². The molecule has 0 saturated carbocycles. The molecule has 2 aromatic rings. The summed E-state index contributed by atoms with van der Waals surface area (Å²) >= 11 is 0. The van der Waals surface area contributed by atoms with E-state index in [1.807, 2.05) is 44.6 Å². The molecule has 1 atom stereocenters. The Bertz CT molecular complexity index is 572. The molecular formula is C14H18N2O2. The van der Waals surface area contributed by atoms with Gasteiger partial charge in [0, 0.05) is 22.7 Å². The van der Waals surface area contributed by atoms with Gasteiger partial charge in [-0.25, -0.2) is 0 Å². The second-order valence-corrected chi connectivity index (χ2v) is 5.29. The van der Waals surface area contributed by atoms with Gasteiger partial charge in [-0.3, -0.25) is 0 Å². The zero-order chi connectivity index (χ0) is 13.3. The number of likely N-dealkylation sites (N-methyl/N-ethyl adjacent to an activating group) is 1. The largest absolute Gasteiger partial charge is 0.544 e. The van der Waals surface area contributed by atoms with Crippen LogP contribution < -0.4 is 5.11 Å². The average Bonchev–Trinajstić information content (AvgIpc) is 2.71. The minimum Gasteiger partial charge on any atom is -0.544 e. The van der Waals surface area contributed by atoms with Gasteiger partial charge in [-0.15, -0.1) is 0 Å². The highest BCUT2D eigenvalue weighted by Crippen LogP contribution is 2.22. The van der Waals surface area contributed by atoms with Crippen molar-refractivity contribution in [2.45, 2.75) is 19.5 Å². The summed E-state index contributed by atoms with van der Waals surface area (Å²) in [5.41, 5.74) is 2.21. The molecule has 4 nitrogen and oxygen atoms in total. The van der Waals surface area contributed by atoms with Crippen LogP contribution in [0.15, 0.2) is 30.5 Å². The number of nitrogens with zero attached hydrogens (tertiary/aromatic N) is 1. The van der Waals surface area contributed by atoms with Gasteiger partial charge in [0.2, 0.25) is 0 Å². The topological polar surface area (TPSA) is 55.9 Å². The first-order valence-corrected chi connectivity index (χ1v) is 6.00. The van der Waals surface area contributed by atoms with Gasteiger partial charge < -0.3 is 19.4 Å². The van der Waals surface area contributed by atoms with Gasteiger partial charge in [0.25, 0.3) is 0 Å². The third-order valence-corrected chi connectivity index (χ3v) is 3.64. The number of para-hydroxylation sites is 1. The fourth-order valence-electron chi connectivity index (χ4n) is 2.12. The molecule has 1 heterocycles. The maximum absolute atomic E-state index is 11.0. The smallest absolute Gasteiger partial charge is 0.126 e. The van der Waals surface area contributed by atoms with E-state index in [0.29, 0.717) is 11.0 Å². The zero-order valence-corrected chi connectivity index (χ0v) is 10.9. The number of hydrogen-bond acceptors (Lipinski definition) is 2. The lowest BCUT2D eigenvalue weighted by atomic mass is 10.1. The second kappa shape index (κ2) is 4.46. The molecule has 0 aliphatic heterocycles. The van der Waals surface area contributed by atoms with E-state index < -0.39 is 12.0 Å². The SMILES string of the molecule is CC(C(=O)[O-])[N+](C)(C)Cc1c[nH]c2ccccc12. The summed E-state index contributed by atoms with van der Waals surface area (Å²) in [7, 11) is 3.81. The van der Waals surface area contributed by atoms with E-state index >= 15 is 0 Å². The molecule has 0 fully saturated rings. The number of H-pyrrole nitrogens is 1. The lowest BCUT2D eigenvalue weighted by Crippen LogP contribution is -2.55. The van der Waals surface area contributed by atoms with Gasteiger partial charge in [0.05, 0.1) is 20.1 Å². The fraction of sp³-hybridized carbons (Fsp3) is 0.357. The normalized spacial score (nSPS) is 13.7. The number of benzene rings is 1. The quantitative estimate of drug-likeness (QED) is 0.814. The summed E-state index contributed by atoms with van der Waals surface area (Å²) in [5, 5.41) is 12.2. The van der Waals surface area contributed by atoms with Crippen molar-refractivity contribution < 1.29 is 14.4 Å². The van der Waals surface area contributed by atoms with Gasteiger partial charge in [-0.2, -0.15) is 0 Å². The van der Waals surface area contributed by atoms with Crippen molar-refractivity contribution in [3.63, 3.8) is 0 Å². The highest BCUT2D eigenvalue weighted by atomic mass is 16.4. The molecule has 1 aromatic carbocycles. The molecule has 0 radical (unpaired) electrons. The van der Waals surface area contributed by atoms with Crippen LogP contribution in [-0.2, 0) is 11.3 Å². The molecule has 1 unspecified atom stereocenters. The Morgan fingerprint density at radius 3 is 2.72 bits per heavy atom. The summed E-state index contributed by atoms with van der Waals surface area (Å²) in [5.74, 6) is -1.01. The van der Waals surface area contributed by atoms with Crippen molar-refractivity contribution in [3.8, 4) is 0 Å². The molecule has 0 spiro atoms. The Balaban J connectivity index is 2.31. The number of carboxylic acid groups (broad SMARTS) is 1. The first kappa shape index (κ1) is 12.6. The second-order valence-electron chi connectivity index (χ2n) is 5.29. The molecule has 96 valence electrons. The summed E-state index contributed by atoms with van der Waals surface area (Å²) in [6.07, 6.45) is 1.95. The monoisotopic (exact) mass is 246 g/mol. The van der Waals surface area contributed by atoms with E-state index in [9.17, 15) is 9.90 Å². The lowest BCUT2D eigenvalue weighted by molar-refractivity contribution is -0.919. The number of nitrogens with one attached hydrogen (secondary N) is 1. The summed E-state index contributed by atoms with van der Waals surface area (Å²) in [6, 6.07) is 7.48. The van der Waals surface area contributed by atoms with Crippen LogP contribution in [0.5, 0.6) is 0 Å². The van der Waals surface area contributed by atoms with Crippen LogP contribution in [0.2, 0.25) is 0 Å². The van der Waals surface area contributed by atoms with Crippen LogP contribution in [0.1, 0.15) is 12.5 Å². The van der Waals surface area contributed by atoms with Gasteiger partial charge in [-0.05, 0) is 13.0 Å². The zero-order valence-electron chi connectivity index (χ0n) is 10.9. The number of rotatable bonds is 4. The third kappa shape index (κ3) is 2.24. The molecule has 4 heteroatoms. The van der Waals surface area contributed by atoms with E-state index in [-0.39, 0.29) is 0 Å². The Morgan fingerprint density at radius 2 is 2.06 bits per heavy atom. The van der Waals surface area contributed by atoms with Crippen LogP contribution in [0.3, 0.4) is 0 Å². The number of carboxylic acids is 1. The average molecular weight is 246 g/mol. The summed E-state index contributed by atoms with van der Waals surface area (Å²) in [4.78, 5) is 14.2. The predicted molar refractivity (Wildman–Crippen MR) is 68.6 cm³/mol. The fourth-order valence-corrected chi connectivity index (χ4v) is 2.12. The molecule has 0 aliphatic carbocycles. The highest BCUT2D eigenvalue weighted by Gasteiger charge is 2.26. The van der Waals surface area contributed by atoms with Crippen LogP contribution in [0.25, 0.3) is 10.9 Å². The summed E-state index contributed by atoms with van der Waals surface area (Å²) < 4.78 is 0.365. The maximum Gasteiger partial charge on any atom is 0.126 e. The number of quaternary nitrogens is 1. The molecular weight excluding hydrogens is 228 g/mol. The van der Waals surface area contributed by atoms with Crippen molar-refractivity contribution >= 4 is 16.9 Å². The number of aromatic amines is 1. The van der Waals surface area contributed by atoms with Gasteiger partial charge in [-0.1, -0.05) is 18.2 Å². The van der Waals surface area contributed by atoms with Crippen LogP contribution in [0.4, 0.5) is 0 Å². The Morgan fingerprint density at radius 1 is 1.39 bits per heavy atom. The number of fused-ring (bicyclic) bond motifs is 1. The van der Waals surface area contributed by atoms with E-state index in [1.165, 1.54) is 0 Å². The number of aliphatic carboxylic acids is 1. The molecule has 1 aromatic heterocycles. The van der Waals surface area contributed by atoms with Crippen LogP contribution in [0, 0.1) is 0 Å². The van der Waals surface area contributed by atoms with Crippen molar-refractivity contribution in [3.05, 3.63) is 36.0 Å². The maximum atomic E-state index is 11.0. The first-order chi connectivity index (χ1) is 8.42. The minimum absolute atomic E-state index is 0.365. The van der Waals surface area contributed by atoms with Crippen molar-refractivity contribution in [2.75, 3.05) is 14.1 Å². The molecule has 2 rings (SSSR count). The molecule has 0 saturated heterocycles. The van der Waals surface area contributed by atoms with E-state index in [2.05, 4.69) is 4.98 Å². The Hall–Kier alpha value is -1.81. The standard InChI is InChI=1S/C14H18N2O2/c1-10(14(17)18)16(2,3)9-11-8-15-13-7-5-4-6-12(11)13/h4-8,10,15H,9H2,1-3H3. The van der Waals surface area contributed by atoms with Crippen molar-refractivity contribution in [1.82, 2.24) is 4.98 Å². The number of carbonyl (C=O) groups excluding carboxylic acids is 1. The summed E-state index contributed by atoms with van der Waals surface area (Å²) in [6.45, 7) is 2.34. The molecule has 0 aliphatic rings. The predicted octanol–water partition coefficient (Wildman–Crippen LogP) is 0.883. The molecule has 0 amide bonds. The van der Waals surface area contributed by atoms with E-state index in [0.717, 1.165) is 16.5 Å². The minimum atomic E-state index is -1.01. The number of hydrogen-bond donors (Lipinski definition) is 1. The first-order valence-electron chi connectivity index (χ1n) is 6.00. The van der Waals surface area contributed by atoms with E-state index in [4.69, 9.17) is 0 Å². The van der Waals surface area contributed by atoms with Crippen LogP contribution >= 0.6 is 0 Å². The third-order valence-electron chi connectivity index (χ3n) is 3.64. The Labute approximate surface area is 106 Å². The lowest BCUT2D eigenvalue weighted by Gasteiger charge is -2.36. The molecule has 18 heavy (non-hydrogen) atoms. The molecule has 1 N–H and O–H groups in total. The number of carbonyl (C=O) groups is 1. The van der Waals surface area contributed by atoms with Gasteiger partial charge >= 0.3 is 0 Å². The Kier molecular flexibility index (Phi) is 3.13. The highest BCUT2D eigenvalue weighted by molar-refractivity contribution is 5.82. The van der Waals surface area contributed by atoms with E-state index in [1.54, 1.807) is 6.92 Å². The van der Waals surface area contributed by atoms with Gasteiger partial charge in [0.1, 0.15) is 12.6 Å². The van der Waals surface area contributed by atoms with Crippen LogP contribution in [-0.4, -0.2) is 35.6 Å². The molecule has 0 bridgehead atoms. The van der Waals surface area contributed by atoms with Crippen molar-refractivity contribution in [2.24, 2.45) is 0 Å². The van der Waals surface area contributed by atoms with Crippen molar-refractivity contribution in [1.29, 1.82) is 0 Å².